The van der Waals surface area contributed by atoms with E-state index in [1.807, 2.05) is 18.2 Å². The van der Waals surface area contributed by atoms with Crippen molar-refractivity contribution in [1.82, 2.24) is 16.0 Å². The van der Waals surface area contributed by atoms with Gasteiger partial charge in [-0.1, -0.05) is 38.0 Å². The van der Waals surface area contributed by atoms with Crippen LogP contribution in [0.3, 0.4) is 0 Å². The first-order valence-electron chi connectivity index (χ1n) is 9.95. The van der Waals surface area contributed by atoms with Crippen molar-refractivity contribution in [2.24, 2.45) is 5.92 Å². The van der Waals surface area contributed by atoms with Gasteiger partial charge in [0.15, 0.2) is 0 Å². The molecule has 29 heavy (non-hydrogen) atoms. The number of esters is 1. The van der Waals surface area contributed by atoms with Crippen LogP contribution in [-0.4, -0.2) is 49.7 Å². The fraction of sp³-hybridized carbons (Fsp3) is 0.571. The number of methoxy groups -OCH3 is 1. The average Bonchev–Trinajstić information content (AvgIpc) is 2.72. The molecule has 0 heterocycles. The van der Waals surface area contributed by atoms with Gasteiger partial charge < -0.3 is 14.8 Å². The molecule has 1 aromatic rings. The Morgan fingerprint density at radius 3 is 2.48 bits per heavy atom. The number of hydrogen-bond acceptors (Lipinski definition) is 6. The lowest BCUT2D eigenvalue weighted by atomic mass is 9.86. The third-order valence-corrected chi connectivity index (χ3v) is 5.23. The molecule has 3 unspecified atom stereocenters. The SMILES string of the molecule is COC(=O)C(C)(COc1ccccc1)NCC(=O)NC(=O)NC1CCCCC1C. The summed E-state index contributed by atoms with van der Waals surface area (Å²) in [5.74, 6) is -0.127. The van der Waals surface area contributed by atoms with Crippen molar-refractivity contribution < 1.29 is 23.9 Å². The van der Waals surface area contributed by atoms with E-state index in [9.17, 15) is 14.4 Å². The molecule has 1 aliphatic rings. The van der Waals surface area contributed by atoms with E-state index in [-0.39, 0.29) is 19.2 Å². The van der Waals surface area contributed by atoms with Gasteiger partial charge in [-0.25, -0.2) is 9.59 Å². The third-order valence-electron chi connectivity index (χ3n) is 5.23. The van der Waals surface area contributed by atoms with E-state index in [2.05, 4.69) is 22.9 Å². The molecule has 0 spiro atoms. The molecule has 2 rings (SSSR count). The Bertz CT molecular complexity index is 697. The lowest BCUT2D eigenvalue weighted by Crippen LogP contribution is -2.58. The Labute approximate surface area is 171 Å². The van der Waals surface area contributed by atoms with Crippen molar-refractivity contribution in [1.29, 1.82) is 0 Å². The largest absolute Gasteiger partial charge is 0.491 e. The maximum Gasteiger partial charge on any atom is 0.329 e. The number of amides is 3. The molecule has 0 aromatic heterocycles. The van der Waals surface area contributed by atoms with Gasteiger partial charge >= 0.3 is 12.0 Å². The maximum atomic E-state index is 12.2. The lowest BCUT2D eigenvalue weighted by Gasteiger charge is -2.29. The van der Waals surface area contributed by atoms with Gasteiger partial charge in [-0.2, -0.15) is 0 Å². The highest BCUT2D eigenvalue weighted by molar-refractivity contribution is 5.95. The number of carbonyl (C=O) groups is 3. The molecular formula is C21H31N3O5. The number of rotatable bonds is 8. The first-order valence-corrected chi connectivity index (χ1v) is 9.95. The molecule has 160 valence electrons. The van der Waals surface area contributed by atoms with Crippen molar-refractivity contribution >= 4 is 17.9 Å². The van der Waals surface area contributed by atoms with Crippen molar-refractivity contribution in [3.8, 4) is 5.75 Å². The second-order valence-corrected chi connectivity index (χ2v) is 7.67. The summed E-state index contributed by atoms with van der Waals surface area (Å²) < 4.78 is 10.5. The van der Waals surface area contributed by atoms with Crippen LogP contribution in [0, 0.1) is 5.92 Å². The smallest absolute Gasteiger partial charge is 0.329 e. The van der Waals surface area contributed by atoms with Crippen LogP contribution >= 0.6 is 0 Å². The molecule has 0 radical (unpaired) electrons. The molecule has 0 aliphatic heterocycles. The van der Waals surface area contributed by atoms with Crippen molar-refractivity contribution in [2.75, 3.05) is 20.3 Å². The monoisotopic (exact) mass is 405 g/mol. The van der Waals surface area contributed by atoms with Gasteiger partial charge in [0.1, 0.15) is 17.9 Å². The molecule has 3 atom stereocenters. The first-order chi connectivity index (χ1) is 13.8. The highest BCUT2D eigenvalue weighted by Crippen LogP contribution is 2.23. The zero-order valence-electron chi connectivity index (χ0n) is 17.3. The number of urea groups is 1. The molecule has 8 nitrogen and oxygen atoms in total. The summed E-state index contributed by atoms with van der Waals surface area (Å²) in [5, 5.41) is 8.01. The van der Waals surface area contributed by atoms with Crippen LogP contribution in [0.15, 0.2) is 30.3 Å². The number of para-hydroxylation sites is 1. The number of benzene rings is 1. The van der Waals surface area contributed by atoms with Crippen LogP contribution in [0.25, 0.3) is 0 Å². The summed E-state index contributed by atoms with van der Waals surface area (Å²) in [7, 11) is 1.27. The molecule has 1 saturated carbocycles. The average molecular weight is 405 g/mol. The number of imide groups is 1. The standard InChI is InChI=1S/C21H31N3O5/c1-15-9-7-8-12-17(15)23-20(27)24-18(25)13-22-21(2,19(26)28-3)14-29-16-10-5-4-6-11-16/h4-6,10-11,15,17,22H,7-9,12-14H2,1-3H3,(H2,23,24,25,27). The zero-order chi connectivity index (χ0) is 21.3. The molecule has 1 aliphatic carbocycles. The number of ether oxygens (including phenoxy) is 2. The fourth-order valence-corrected chi connectivity index (χ4v) is 3.33. The zero-order valence-corrected chi connectivity index (χ0v) is 17.3. The van der Waals surface area contributed by atoms with Gasteiger partial charge in [0.05, 0.1) is 13.7 Å². The van der Waals surface area contributed by atoms with Gasteiger partial charge in [0, 0.05) is 6.04 Å². The Morgan fingerprint density at radius 2 is 1.83 bits per heavy atom. The fourth-order valence-electron chi connectivity index (χ4n) is 3.33. The highest BCUT2D eigenvalue weighted by atomic mass is 16.5. The minimum atomic E-state index is -1.25. The molecule has 3 amide bonds. The quantitative estimate of drug-likeness (QED) is 0.571. The predicted octanol–water partition coefficient (Wildman–Crippen LogP) is 1.99. The van der Waals surface area contributed by atoms with Crippen LogP contribution in [0.5, 0.6) is 5.75 Å². The van der Waals surface area contributed by atoms with Crippen LogP contribution in [0.4, 0.5) is 4.79 Å². The summed E-state index contributed by atoms with van der Waals surface area (Å²) in [4.78, 5) is 36.5. The van der Waals surface area contributed by atoms with Gasteiger partial charge in [-0.3, -0.25) is 15.4 Å². The number of nitrogens with one attached hydrogen (secondary N) is 3. The molecule has 8 heteroatoms. The Kier molecular flexibility index (Phi) is 8.45. The highest BCUT2D eigenvalue weighted by Gasteiger charge is 2.36. The van der Waals surface area contributed by atoms with E-state index in [1.165, 1.54) is 13.5 Å². The molecule has 0 saturated heterocycles. The lowest BCUT2D eigenvalue weighted by molar-refractivity contribution is -0.149. The normalized spacial score (nSPS) is 20.8. The first kappa shape index (κ1) is 22.7. The minimum absolute atomic E-state index is 0.0389. The van der Waals surface area contributed by atoms with Gasteiger partial charge in [-0.05, 0) is 37.8 Å². The topological polar surface area (TPSA) is 106 Å². The van der Waals surface area contributed by atoms with Gasteiger partial charge in [-0.15, -0.1) is 0 Å². The summed E-state index contributed by atoms with van der Waals surface area (Å²) in [6.07, 6.45) is 4.22. The number of hydrogen-bond donors (Lipinski definition) is 3. The summed E-state index contributed by atoms with van der Waals surface area (Å²) in [6, 6.07) is 8.57. The number of carbonyl (C=O) groups excluding carboxylic acids is 3. The van der Waals surface area contributed by atoms with E-state index in [4.69, 9.17) is 9.47 Å². The molecule has 1 aromatic carbocycles. The second kappa shape index (κ2) is 10.8. The van der Waals surface area contributed by atoms with E-state index in [1.54, 1.807) is 19.1 Å². The van der Waals surface area contributed by atoms with Crippen molar-refractivity contribution in [3.05, 3.63) is 30.3 Å². The van der Waals surface area contributed by atoms with E-state index in [0.717, 1.165) is 19.3 Å². The second-order valence-electron chi connectivity index (χ2n) is 7.67. The van der Waals surface area contributed by atoms with E-state index < -0.39 is 23.4 Å². The van der Waals surface area contributed by atoms with Crippen LogP contribution in [0.2, 0.25) is 0 Å². The third kappa shape index (κ3) is 7.05. The summed E-state index contributed by atoms with van der Waals surface area (Å²) >= 11 is 0. The van der Waals surface area contributed by atoms with E-state index >= 15 is 0 Å². The van der Waals surface area contributed by atoms with Crippen molar-refractivity contribution in [2.45, 2.75) is 51.1 Å². The van der Waals surface area contributed by atoms with Crippen LogP contribution in [0.1, 0.15) is 39.5 Å². The van der Waals surface area contributed by atoms with Gasteiger partial charge in [0.2, 0.25) is 5.91 Å². The van der Waals surface area contributed by atoms with Crippen LogP contribution < -0.4 is 20.7 Å². The predicted molar refractivity (Wildman–Crippen MR) is 108 cm³/mol. The maximum absolute atomic E-state index is 12.2. The Hall–Kier alpha value is -2.61. The molecule has 0 bridgehead atoms. The molecule has 3 N–H and O–H groups in total. The summed E-state index contributed by atoms with van der Waals surface area (Å²) in [5.41, 5.74) is -1.25. The van der Waals surface area contributed by atoms with E-state index in [0.29, 0.717) is 11.7 Å². The minimum Gasteiger partial charge on any atom is -0.491 e. The van der Waals surface area contributed by atoms with Gasteiger partial charge in [0.25, 0.3) is 0 Å². The summed E-state index contributed by atoms with van der Waals surface area (Å²) in [6.45, 7) is 3.40. The molecular weight excluding hydrogens is 374 g/mol. The molecule has 1 fully saturated rings. The van der Waals surface area contributed by atoms with Crippen LogP contribution in [-0.2, 0) is 14.3 Å². The Balaban J connectivity index is 1.84. The Morgan fingerprint density at radius 1 is 1.14 bits per heavy atom. The van der Waals surface area contributed by atoms with Crippen molar-refractivity contribution in [3.63, 3.8) is 0 Å².